The number of hydrogen-bond acceptors (Lipinski definition) is 5. The maximum Gasteiger partial charge on any atom is 0.311 e. The summed E-state index contributed by atoms with van der Waals surface area (Å²) in [5.74, 6) is 3.50. The lowest BCUT2D eigenvalue weighted by Crippen LogP contribution is -2.19. The molecule has 0 aliphatic carbocycles. The largest absolute Gasteiger partial charge is 0.487 e. The monoisotopic (exact) mass is 296 g/mol. The predicted octanol–water partition coefficient (Wildman–Crippen LogP) is 3.55. The van der Waals surface area contributed by atoms with Gasteiger partial charge < -0.3 is 10.1 Å². The molecule has 1 aromatic carbocycles. The van der Waals surface area contributed by atoms with Gasteiger partial charge in [0.2, 0.25) is 0 Å². The lowest BCUT2D eigenvalue weighted by Gasteiger charge is -2.22. The smallest absolute Gasteiger partial charge is 0.311 e. The van der Waals surface area contributed by atoms with Gasteiger partial charge in [0.1, 0.15) is 0 Å². The zero-order valence-electron chi connectivity index (χ0n) is 11.6. The van der Waals surface area contributed by atoms with Gasteiger partial charge in [-0.1, -0.05) is 0 Å². The fraction of sp³-hybridized carbons (Fsp3) is 0.571. The Balaban J connectivity index is 2.00. The van der Waals surface area contributed by atoms with Gasteiger partial charge in [0.25, 0.3) is 0 Å². The normalized spacial score (nSPS) is 15.8. The quantitative estimate of drug-likeness (QED) is 0.642. The molecule has 0 amide bonds. The van der Waals surface area contributed by atoms with E-state index in [4.69, 9.17) is 4.74 Å². The van der Waals surface area contributed by atoms with Gasteiger partial charge in [-0.2, -0.15) is 11.8 Å². The molecule has 0 atom stereocenters. The van der Waals surface area contributed by atoms with Crippen molar-refractivity contribution in [2.45, 2.75) is 19.8 Å². The van der Waals surface area contributed by atoms with E-state index in [0.29, 0.717) is 18.3 Å². The second kappa shape index (κ2) is 7.38. The van der Waals surface area contributed by atoms with Crippen LogP contribution in [-0.4, -0.2) is 29.6 Å². The molecule has 0 bridgehead atoms. The molecule has 6 heteroatoms. The highest BCUT2D eigenvalue weighted by molar-refractivity contribution is 7.99. The highest BCUT2D eigenvalue weighted by atomic mass is 32.2. The molecule has 20 heavy (non-hydrogen) atoms. The van der Waals surface area contributed by atoms with Crippen molar-refractivity contribution in [3.8, 4) is 5.75 Å². The minimum absolute atomic E-state index is 0.0199. The molecule has 1 aliphatic heterocycles. The minimum Gasteiger partial charge on any atom is -0.487 e. The van der Waals surface area contributed by atoms with Gasteiger partial charge in [-0.15, -0.1) is 0 Å². The van der Waals surface area contributed by atoms with E-state index in [2.05, 4.69) is 5.32 Å². The van der Waals surface area contributed by atoms with Crippen molar-refractivity contribution in [3.63, 3.8) is 0 Å². The second-order valence-corrected chi connectivity index (χ2v) is 6.03. The van der Waals surface area contributed by atoms with Crippen LogP contribution in [0.25, 0.3) is 0 Å². The van der Waals surface area contributed by atoms with E-state index in [1.54, 1.807) is 12.1 Å². The lowest BCUT2D eigenvalue weighted by molar-refractivity contribution is -0.385. The molecule has 0 aromatic heterocycles. The summed E-state index contributed by atoms with van der Waals surface area (Å²) in [6.07, 6.45) is 2.48. The van der Waals surface area contributed by atoms with Crippen molar-refractivity contribution in [2.75, 3.05) is 30.0 Å². The first kappa shape index (κ1) is 15.0. The van der Waals surface area contributed by atoms with Crippen LogP contribution in [0.2, 0.25) is 0 Å². The molecule has 1 N–H and O–H groups in total. The molecule has 1 heterocycles. The number of nitro benzene ring substituents is 1. The van der Waals surface area contributed by atoms with Crippen LogP contribution in [0.1, 0.15) is 19.8 Å². The van der Waals surface area contributed by atoms with Gasteiger partial charge >= 0.3 is 5.69 Å². The molecule has 0 unspecified atom stereocenters. The Morgan fingerprint density at radius 3 is 2.85 bits per heavy atom. The maximum absolute atomic E-state index is 10.9. The van der Waals surface area contributed by atoms with Crippen molar-refractivity contribution in [2.24, 2.45) is 5.92 Å². The van der Waals surface area contributed by atoms with Crippen LogP contribution in [0.4, 0.5) is 11.4 Å². The number of hydrogen-bond donors (Lipinski definition) is 1. The Morgan fingerprint density at radius 1 is 1.45 bits per heavy atom. The summed E-state index contributed by atoms with van der Waals surface area (Å²) in [5, 5.41) is 14.3. The number of ether oxygens (including phenoxy) is 1. The van der Waals surface area contributed by atoms with Crippen molar-refractivity contribution in [1.29, 1.82) is 0 Å². The van der Waals surface area contributed by atoms with Gasteiger partial charge in [-0.05, 0) is 43.3 Å². The van der Waals surface area contributed by atoms with Crippen LogP contribution >= 0.6 is 11.8 Å². The summed E-state index contributed by atoms with van der Waals surface area (Å²) in [5.41, 5.74) is 0.906. The number of nitrogens with one attached hydrogen (secondary N) is 1. The molecule has 0 radical (unpaired) electrons. The summed E-state index contributed by atoms with van der Waals surface area (Å²) in [7, 11) is 0. The summed E-state index contributed by atoms with van der Waals surface area (Å²) >= 11 is 2.01. The van der Waals surface area contributed by atoms with E-state index in [9.17, 15) is 10.1 Å². The van der Waals surface area contributed by atoms with Crippen LogP contribution in [0.3, 0.4) is 0 Å². The zero-order chi connectivity index (χ0) is 14.4. The Bertz CT molecular complexity index is 462. The molecular formula is C14H20N2O3S. The summed E-state index contributed by atoms with van der Waals surface area (Å²) in [6.45, 7) is 3.16. The van der Waals surface area contributed by atoms with Crippen LogP contribution < -0.4 is 10.1 Å². The van der Waals surface area contributed by atoms with Crippen molar-refractivity contribution in [1.82, 2.24) is 0 Å². The van der Waals surface area contributed by atoms with E-state index in [-0.39, 0.29) is 5.69 Å². The maximum atomic E-state index is 10.9. The van der Waals surface area contributed by atoms with Gasteiger partial charge in [-0.3, -0.25) is 10.1 Å². The van der Waals surface area contributed by atoms with E-state index in [1.165, 1.54) is 30.4 Å². The fourth-order valence-corrected chi connectivity index (χ4v) is 3.46. The van der Waals surface area contributed by atoms with Crippen molar-refractivity contribution in [3.05, 3.63) is 28.3 Å². The standard InChI is InChI=1S/C14H20N2O3S/c1-2-19-14-9-12(3-4-13(14)16(17)18)15-10-11-5-7-20-8-6-11/h3-4,9,11,15H,2,5-8,10H2,1H3. The zero-order valence-corrected chi connectivity index (χ0v) is 12.4. The van der Waals surface area contributed by atoms with Crippen LogP contribution in [-0.2, 0) is 0 Å². The van der Waals surface area contributed by atoms with Crippen LogP contribution in [0, 0.1) is 16.0 Å². The SMILES string of the molecule is CCOc1cc(NCC2CCSCC2)ccc1[N+](=O)[O-]. The summed E-state index contributed by atoms with van der Waals surface area (Å²) in [4.78, 5) is 10.5. The van der Waals surface area contributed by atoms with E-state index in [1.807, 2.05) is 18.7 Å². The fourth-order valence-electron chi connectivity index (χ4n) is 2.26. The first-order chi connectivity index (χ1) is 9.70. The Labute approximate surface area is 123 Å². The third-order valence-corrected chi connectivity index (χ3v) is 4.44. The summed E-state index contributed by atoms with van der Waals surface area (Å²) < 4.78 is 5.35. The van der Waals surface area contributed by atoms with Crippen LogP contribution in [0.15, 0.2) is 18.2 Å². The molecule has 1 fully saturated rings. The highest BCUT2D eigenvalue weighted by Crippen LogP contribution is 2.30. The van der Waals surface area contributed by atoms with Crippen LogP contribution in [0.5, 0.6) is 5.75 Å². The van der Waals surface area contributed by atoms with E-state index >= 15 is 0 Å². The Morgan fingerprint density at radius 2 is 2.20 bits per heavy atom. The number of anilines is 1. The number of thioether (sulfide) groups is 1. The lowest BCUT2D eigenvalue weighted by atomic mass is 10.0. The first-order valence-electron chi connectivity index (χ1n) is 6.93. The average Bonchev–Trinajstić information content (AvgIpc) is 2.46. The van der Waals surface area contributed by atoms with Crippen molar-refractivity contribution < 1.29 is 9.66 Å². The molecule has 2 rings (SSSR count). The van der Waals surface area contributed by atoms with Gasteiger partial charge in [0.05, 0.1) is 11.5 Å². The second-order valence-electron chi connectivity index (χ2n) is 4.81. The number of nitro groups is 1. The Hall–Kier alpha value is -1.43. The molecule has 0 saturated carbocycles. The molecule has 1 saturated heterocycles. The molecule has 5 nitrogen and oxygen atoms in total. The molecular weight excluding hydrogens is 276 g/mol. The molecule has 1 aliphatic rings. The average molecular weight is 296 g/mol. The van der Waals surface area contributed by atoms with E-state index in [0.717, 1.165) is 12.2 Å². The molecule has 1 aromatic rings. The first-order valence-corrected chi connectivity index (χ1v) is 8.09. The third kappa shape index (κ3) is 4.03. The Kier molecular flexibility index (Phi) is 5.52. The number of rotatable bonds is 6. The topological polar surface area (TPSA) is 64.4 Å². The number of benzene rings is 1. The van der Waals surface area contributed by atoms with E-state index < -0.39 is 4.92 Å². The van der Waals surface area contributed by atoms with Gasteiger partial charge in [0, 0.05) is 24.4 Å². The number of nitrogens with zero attached hydrogens (tertiary/aromatic N) is 1. The summed E-state index contributed by atoms with van der Waals surface area (Å²) in [6, 6.07) is 4.97. The molecule has 110 valence electrons. The van der Waals surface area contributed by atoms with Gasteiger partial charge in [0.15, 0.2) is 5.75 Å². The van der Waals surface area contributed by atoms with Crippen molar-refractivity contribution >= 4 is 23.1 Å². The van der Waals surface area contributed by atoms with Gasteiger partial charge in [-0.25, -0.2) is 0 Å². The predicted molar refractivity (Wildman–Crippen MR) is 82.8 cm³/mol. The molecule has 0 spiro atoms. The highest BCUT2D eigenvalue weighted by Gasteiger charge is 2.17. The minimum atomic E-state index is -0.410. The third-order valence-electron chi connectivity index (χ3n) is 3.39.